The number of carbonyl (C=O) groups excluding carboxylic acids is 1. The molecule has 19 heavy (non-hydrogen) atoms. The van der Waals surface area contributed by atoms with Crippen LogP contribution in [-0.4, -0.2) is 33.9 Å². The van der Waals surface area contributed by atoms with Crippen LogP contribution in [0.5, 0.6) is 0 Å². The van der Waals surface area contributed by atoms with Crippen molar-refractivity contribution in [2.75, 3.05) is 0 Å². The second-order valence-corrected chi connectivity index (χ2v) is 4.35. The van der Waals surface area contributed by atoms with Crippen LogP contribution in [0.25, 0.3) is 0 Å². The van der Waals surface area contributed by atoms with E-state index < -0.39 is 17.9 Å². The Balaban J connectivity index is 2.90. The number of amides is 1. The van der Waals surface area contributed by atoms with Gasteiger partial charge in [-0.25, -0.2) is 4.79 Å². The third-order valence-electron chi connectivity index (χ3n) is 2.58. The second kappa shape index (κ2) is 6.53. The van der Waals surface area contributed by atoms with E-state index >= 15 is 0 Å². The number of hydrogen-bond donors (Lipinski definition) is 3. The van der Waals surface area contributed by atoms with Crippen LogP contribution in [0.4, 0.5) is 0 Å². The number of carbonyl (C=O) groups is 2. The summed E-state index contributed by atoms with van der Waals surface area (Å²) in [6.45, 7) is 3.36. The average molecular weight is 264 g/mol. The normalized spacial score (nSPS) is 13.1. The van der Waals surface area contributed by atoms with E-state index in [1.54, 1.807) is 44.2 Å². The van der Waals surface area contributed by atoms with Gasteiger partial charge in [-0.2, -0.15) is 0 Å². The number of carboxylic acid groups (broad SMARTS) is 1. The Hall–Kier alpha value is -2.37. The van der Waals surface area contributed by atoms with Crippen molar-refractivity contribution in [2.24, 2.45) is 11.1 Å². The lowest BCUT2D eigenvalue weighted by Crippen LogP contribution is -2.47. The first kappa shape index (κ1) is 14.7. The zero-order valence-corrected chi connectivity index (χ0v) is 10.7. The first-order valence-corrected chi connectivity index (χ1v) is 5.78. The van der Waals surface area contributed by atoms with Crippen molar-refractivity contribution in [2.45, 2.75) is 19.9 Å². The van der Waals surface area contributed by atoms with Gasteiger partial charge in [0.25, 0.3) is 5.91 Å². The summed E-state index contributed by atoms with van der Waals surface area (Å²) in [7, 11) is 0. The van der Waals surface area contributed by atoms with Crippen molar-refractivity contribution in [1.29, 1.82) is 0 Å². The molecule has 1 unspecified atom stereocenters. The number of nitrogens with one attached hydrogen (secondary N) is 1. The van der Waals surface area contributed by atoms with Gasteiger partial charge in [-0.15, -0.1) is 0 Å². The van der Waals surface area contributed by atoms with Gasteiger partial charge in [0.1, 0.15) is 6.04 Å². The maximum atomic E-state index is 11.9. The Kier molecular flexibility index (Phi) is 5.05. The molecule has 0 radical (unpaired) electrons. The minimum Gasteiger partial charge on any atom is -0.480 e. The van der Waals surface area contributed by atoms with Gasteiger partial charge in [0.2, 0.25) is 0 Å². The average Bonchev–Trinajstić information content (AvgIpc) is 2.37. The highest BCUT2D eigenvalue weighted by Crippen LogP contribution is 2.05. The fraction of sp³-hybridized carbons (Fsp3) is 0.308. The lowest BCUT2D eigenvalue weighted by Gasteiger charge is -2.18. The maximum absolute atomic E-state index is 11.9. The topological polar surface area (TPSA) is 99.0 Å². The van der Waals surface area contributed by atoms with Crippen molar-refractivity contribution in [3.63, 3.8) is 0 Å². The summed E-state index contributed by atoms with van der Waals surface area (Å²) in [5, 5.41) is 23.2. The van der Waals surface area contributed by atoms with Crippen molar-refractivity contribution >= 4 is 17.6 Å². The van der Waals surface area contributed by atoms with Crippen LogP contribution in [0.15, 0.2) is 35.5 Å². The van der Waals surface area contributed by atoms with Crippen molar-refractivity contribution in [3.05, 3.63) is 35.9 Å². The Morgan fingerprint density at radius 3 is 2.21 bits per heavy atom. The first-order chi connectivity index (χ1) is 8.97. The van der Waals surface area contributed by atoms with E-state index in [0.29, 0.717) is 5.56 Å². The molecule has 0 heterocycles. The number of rotatable bonds is 5. The van der Waals surface area contributed by atoms with Gasteiger partial charge in [0.05, 0.1) is 0 Å². The summed E-state index contributed by atoms with van der Waals surface area (Å²) < 4.78 is 0. The highest BCUT2D eigenvalue weighted by Gasteiger charge is 2.26. The predicted octanol–water partition coefficient (Wildman–Crippen LogP) is 1.09. The van der Waals surface area contributed by atoms with Crippen LogP contribution in [0.3, 0.4) is 0 Å². The van der Waals surface area contributed by atoms with E-state index in [0.717, 1.165) is 0 Å². The molecule has 6 nitrogen and oxygen atoms in total. The minimum absolute atomic E-state index is 0.215. The molecule has 0 saturated heterocycles. The van der Waals surface area contributed by atoms with E-state index in [1.165, 1.54) is 0 Å². The van der Waals surface area contributed by atoms with Crippen LogP contribution in [0, 0.1) is 5.92 Å². The zero-order chi connectivity index (χ0) is 14.4. The number of benzene rings is 1. The SMILES string of the molecule is CC(C)C(NC(=O)C(=NO)c1ccccc1)C(=O)O. The standard InChI is InChI=1S/C13H16N2O4/c1-8(2)10(13(17)18)14-12(16)11(15-19)9-6-4-3-5-7-9/h3-8,10,19H,1-2H3,(H,14,16)(H,17,18). The van der Waals surface area contributed by atoms with Crippen LogP contribution >= 0.6 is 0 Å². The van der Waals surface area contributed by atoms with Gasteiger partial charge in [-0.05, 0) is 5.92 Å². The molecule has 0 aromatic heterocycles. The molecule has 0 bridgehead atoms. The molecule has 0 aliphatic rings. The van der Waals surface area contributed by atoms with E-state index in [4.69, 9.17) is 10.3 Å². The fourth-order valence-electron chi connectivity index (χ4n) is 1.55. The van der Waals surface area contributed by atoms with Gasteiger partial charge < -0.3 is 15.6 Å². The molecule has 1 atom stereocenters. The predicted molar refractivity (Wildman–Crippen MR) is 69.2 cm³/mol. The number of oxime groups is 1. The van der Waals surface area contributed by atoms with Gasteiger partial charge in [-0.1, -0.05) is 49.3 Å². The number of hydrogen-bond acceptors (Lipinski definition) is 4. The second-order valence-electron chi connectivity index (χ2n) is 4.35. The van der Waals surface area contributed by atoms with Crippen molar-refractivity contribution in [3.8, 4) is 0 Å². The summed E-state index contributed by atoms with van der Waals surface area (Å²) in [6, 6.07) is 7.29. The number of aliphatic carboxylic acids is 1. The summed E-state index contributed by atoms with van der Waals surface area (Å²) in [5.41, 5.74) is 0.197. The minimum atomic E-state index is -1.13. The van der Waals surface area contributed by atoms with Crippen LogP contribution in [-0.2, 0) is 9.59 Å². The molecule has 1 aromatic rings. The quantitative estimate of drug-likeness (QED) is 0.421. The molecule has 102 valence electrons. The molecule has 0 aliphatic carbocycles. The Morgan fingerprint density at radius 1 is 1.21 bits per heavy atom. The fourth-order valence-corrected chi connectivity index (χ4v) is 1.55. The monoisotopic (exact) mass is 264 g/mol. The van der Waals surface area contributed by atoms with Gasteiger partial charge in [0, 0.05) is 5.56 Å². The van der Waals surface area contributed by atoms with E-state index in [9.17, 15) is 9.59 Å². The lowest BCUT2D eigenvalue weighted by atomic mass is 10.0. The molecular weight excluding hydrogens is 248 g/mol. The molecule has 6 heteroatoms. The molecule has 1 amide bonds. The molecule has 0 saturated carbocycles. The number of carboxylic acids is 1. The van der Waals surface area contributed by atoms with Crippen LogP contribution in [0.1, 0.15) is 19.4 Å². The maximum Gasteiger partial charge on any atom is 0.326 e. The van der Waals surface area contributed by atoms with Crippen LogP contribution < -0.4 is 5.32 Å². The molecule has 0 aliphatic heterocycles. The highest BCUT2D eigenvalue weighted by atomic mass is 16.4. The third kappa shape index (κ3) is 3.80. The molecule has 3 N–H and O–H groups in total. The first-order valence-electron chi connectivity index (χ1n) is 5.78. The smallest absolute Gasteiger partial charge is 0.326 e. The van der Waals surface area contributed by atoms with Gasteiger partial charge in [0.15, 0.2) is 5.71 Å². The molecule has 1 aromatic carbocycles. The zero-order valence-electron chi connectivity index (χ0n) is 10.7. The Morgan fingerprint density at radius 2 is 1.79 bits per heavy atom. The lowest BCUT2D eigenvalue weighted by molar-refractivity contribution is -0.142. The van der Waals surface area contributed by atoms with E-state index in [1.807, 2.05) is 0 Å². The molecule has 0 spiro atoms. The Labute approximate surface area is 110 Å². The highest BCUT2D eigenvalue weighted by molar-refractivity contribution is 6.45. The van der Waals surface area contributed by atoms with Gasteiger partial charge in [-0.3, -0.25) is 4.79 Å². The summed E-state index contributed by atoms with van der Waals surface area (Å²) >= 11 is 0. The summed E-state index contributed by atoms with van der Waals surface area (Å²) in [6.07, 6.45) is 0. The molecule has 0 fully saturated rings. The van der Waals surface area contributed by atoms with Crippen molar-refractivity contribution in [1.82, 2.24) is 5.32 Å². The van der Waals surface area contributed by atoms with E-state index in [-0.39, 0.29) is 11.6 Å². The van der Waals surface area contributed by atoms with E-state index in [2.05, 4.69) is 10.5 Å². The molecular formula is C13H16N2O4. The van der Waals surface area contributed by atoms with Gasteiger partial charge >= 0.3 is 5.97 Å². The summed E-state index contributed by atoms with van der Waals surface area (Å²) in [4.78, 5) is 22.9. The van der Waals surface area contributed by atoms with Crippen molar-refractivity contribution < 1.29 is 19.9 Å². The van der Waals surface area contributed by atoms with Crippen LogP contribution in [0.2, 0.25) is 0 Å². The Bertz CT molecular complexity index is 483. The molecule has 1 rings (SSSR count). The largest absolute Gasteiger partial charge is 0.480 e. The number of nitrogens with zero attached hydrogens (tertiary/aromatic N) is 1. The third-order valence-corrected chi connectivity index (χ3v) is 2.58. The summed E-state index contributed by atoms with van der Waals surface area (Å²) in [5.74, 6) is -2.14.